The van der Waals surface area contributed by atoms with E-state index in [1.807, 2.05) is 6.92 Å². The monoisotopic (exact) mass is 477 g/mol. The normalized spacial score (nSPS) is 55.0. The molecule has 32 heavy (non-hydrogen) atoms. The molecule has 0 bridgehead atoms. The Kier molecular flexibility index (Phi) is 4.95. The van der Waals surface area contributed by atoms with Crippen molar-refractivity contribution < 1.29 is 39.0 Å². The Balaban J connectivity index is 1.68. The molecule has 4 aliphatic carbocycles. The van der Waals surface area contributed by atoms with Gasteiger partial charge in [0.25, 0.3) is 0 Å². The molecule has 2 unspecified atom stereocenters. The van der Waals surface area contributed by atoms with Crippen molar-refractivity contribution in [3.8, 4) is 0 Å². The number of aliphatic hydroxyl groups is 1. The molecule has 0 aromatic heterocycles. The molecule has 0 saturated heterocycles. The number of hydrogen-bond donors (Lipinski definition) is 3. The van der Waals surface area contributed by atoms with Gasteiger partial charge in [-0.1, -0.05) is 20.8 Å². The maximum absolute atomic E-state index is 11.6. The van der Waals surface area contributed by atoms with E-state index in [1.54, 1.807) is 6.92 Å². The maximum Gasteiger partial charge on any atom is 0.397 e. The smallest absolute Gasteiger partial charge is 0.397 e. The zero-order chi connectivity index (χ0) is 28.0. The molecule has 7 nitrogen and oxygen atoms in total. The Hall–Kier alpha value is -0.700. The Morgan fingerprint density at radius 3 is 2.62 bits per heavy atom. The van der Waals surface area contributed by atoms with E-state index in [-0.39, 0.29) is 42.4 Å². The van der Waals surface area contributed by atoms with Crippen molar-refractivity contribution in [2.75, 3.05) is 0 Å². The molecule has 0 aliphatic heterocycles. The highest BCUT2D eigenvalue weighted by atomic mass is 32.3. The van der Waals surface area contributed by atoms with Crippen molar-refractivity contribution >= 4 is 16.4 Å². The van der Waals surface area contributed by atoms with Gasteiger partial charge in [0, 0.05) is 11.9 Å². The number of carbonyl (C=O) groups is 1. The van der Waals surface area contributed by atoms with Crippen LogP contribution in [0.2, 0.25) is 0 Å². The third kappa shape index (κ3) is 4.14. The Labute approximate surface area is 199 Å². The topological polar surface area (TPSA) is 121 Å². The highest BCUT2D eigenvalue weighted by Crippen LogP contribution is 2.68. The molecule has 0 spiro atoms. The number of hydrogen-bond acceptors (Lipinski definition) is 5. The van der Waals surface area contributed by atoms with E-state index in [9.17, 15) is 22.9 Å². The Morgan fingerprint density at radius 2 is 1.97 bits per heavy atom. The number of fused-ring (bicyclic) bond motifs is 5. The van der Waals surface area contributed by atoms with Gasteiger partial charge in [0.1, 0.15) is 0 Å². The van der Waals surface area contributed by atoms with Crippen molar-refractivity contribution in [1.29, 1.82) is 0 Å². The molecule has 4 fully saturated rings. The van der Waals surface area contributed by atoms with E-state index in [0.717, 1.165) is 12.8 Å². The van der Waals surface area contributed by atoms with E-state index < -0.39 is 58.0 Å². The molecule has 4 aliphatic rings. The van der Waals surface area contributed by atoms with E-state index >= 15 is 0 Å². The van der Waals surface area contributed by atoms with Crippen LogP contribution in [0, 0.1) is 46.3 Å². The van der Waals surface area contributed by atoms with Crippen molar-refractivity contribution in [3.63, 3.8) is 0 Å². The second-order valence-electron chi connectivity index (χ2n) is 11.1. The molecule has 0 aromatic rings. The molecule has 10 atom stereocenters. The molecule has 4 saturated carbocycles. The van der Waals surface area contributed by atoms with Crippen LogP contribution in [0.15, 0.2) is 0 Å². The number of carboxylic acids is 1. The molecule has 184 valence electrons. The predicted octanol–water partition coefficient (Wildman–Crippen LogP) is 4.31. The summed E-state index contributed by atoms with van der Waals surface area (Å²) in [6, 6.07) is 0. The Morgan fingerprint density at radius 1 is 1.25 bits per heavy atom. The van der Waals surface area contributed by atoms with Gasteiger partial charge in [0.15, 0.2) is 0 Å². The first-order valence-electron chi connectivity index (χ1n) is 14.3. The quantitative estimate of drug-likeness (QED) is 0.488. The van der Waals surface area contributed by atoms with Crippen LogP contribution >= 0.6 is 0 Å². The van der Waals surface area contributed by atoms with Crippen LogP contribution in [0.5, 0.6) is 0 Å². The SMILES string of the molecule is [2H]C1([2H])C[C@]2(C)C3C[C@H](O)[C@]4(C)[C@@H]([C@H](C)CCC(=O)O)CC[C@H]4C3CC[C@@H]2C([2H])([2H])[C@]1([2H])OS(=O)(=O)O. The van der Waals surface area contributed by atoms with Gasteiger partial charge in [-0.3, -0.25) is 9.35 Å². The molecule has 0 amide bonds. The summed E-state index contributed by atoms with van der Waals surface area (Å²) in [7, 11) is -5.30. The van der Waals surface area contributed by atoms with Crippen molar-refractivity contribution in [2.24, 2.45) is 46.3 Å². The summed E-state index contributed by atoms with van der Waals surface area (Å²) in [6.45, 7) is 5.94. The van der Waals surface area contributed by atoms with Crippen LogP contribution in [0.3, 0.4) is 0 Å². The maximum atomic E-state index is 11.6. The van der Waals surface area contributed by atoms with Gasteiger partial charge in [0.05, 0.1) is 13.6 Å². The lowest BCUT2D eigenvalue weighted by Gasteiger charge is -2.62. The molecule has 4 rings (SSSR count). The average Bonchev–Trinajstić information content (AvgIpc) is 3.09. The fourth-order valence-electron chi connectivity index (χ4n) is 8.06. The van der Waals surface area contributed by atoms with Gasteiger partial charge in [-0.05, 0) is 104 Å². The molecule has 8 heteroatoms. The first-order chi connectivity index (χ1) is 16.7. The van der Waals surface area contributed by atoms with Gasteiger partial charge in [-0.2, -0.15) is 8.42 Å². The largest absolute Gasteiger partial charge is 0.481 e. The first-order valence-corrected chi connectivity index (χ1v) is 13.2. The summed E-state index contributed by atoms with van der Waals surface area (Å²) in [6.07, 6.45) is -6.15. The van der Waals surface area contributed by atoms with Crippen LogP contribution in [0.1, 0.15) is 91.7 Å². The van der Waals surface area contributed by atoms with Gasteiger partial charge in [0.2, 0.25) is 0 Å². The van der Waals surface area contributed by atoms with E-state index in [2.05, 4.69) is 11.1 Å². The van der Waals surface area contributed by atoms with E-state index in [1.165, 1.54) is 0 Å². The molecule has 0 aromatic carbocycles. The predicted molar refractivity (Wildman–Crippen MR) is 119 cm³/mol. The number of carboxylic acid groups (broad SMARTS) is 1. The molecular weight excluding hydrogens is 432 g/mol. The van der Waals surface area contributed by atoms with Gasteiger partial charge in [-0.15, -0.1) is 0 Å². The van der Waals surface area contributed by atoms with Crippen LogP contribution in [0.25, 0.3) is 0 Å². The summed E-state index contributed by atoms with van der Waals surface area (Å²) in [5.74, 6) is -1.52. The zero-order valence-electron chi connectivity index (χ0n) is 24.1. The summed E-state index contributed by atoms with van der Waals surface area (Å²) in [4.78, 5) is 11.1. The van der Waals surface area contributed by atoms with Crippen molar-refractivity contribution in [2.45, 2.75) is 97.1 Å². The van der Waals surface area contributed by atoms with Crippen LogP contribution in [-0.2, 0) is 19.4 Å². The van der Waals surface area contributed by atoms with Crippen LogP contribution < -0.4 is 0 Å². The van der Waals surface area contributed by atoms with Gasteiger partial charge < -0.3 is 10.2 Å². The molecule has 0 radical (unpaired) electrons. The lowest BCUT2D eigenvalue weighted by molar-refractivity contribution is -0.174. The van der Waals surface area contributed by atoms with Gasteiger partial charge >= 0.3 is 16.4 Å². The molecular formula is C24H40O7S. The Bertz CT molecular complexity index is 1040. The lowest BCUT2D eigenvalue weighted by atomic mass is 9.43. The number of rotatable bonds is 6. The van der Waals surface area contributed by atoms with E-state index in [0.29, 0.717) is 25.7 Å². The summed E-state index contributed by atoms with van der Waals surface area (Å²) >= 11 is 0. The fraction of sp³-hybridized carbons (Fsp3) is 0.958. The van der Waals surface area contributed by atoms with Gasteiger partial charge in [-0.25, -0.2) is 4.18 Å². The minimum Gasteiger partial charge on any atom is -0.481 e. The fourth-order valence-corrected chi connectivity index (χ4v) is 8.38. The lowest BCUT2D eigenvalue weighted by Crippen LogP contribution is -2.59. The van der Waals surface area contributed by atoms with Crippen molar-refractivity contribution in [1.82, 2.24) is 0 Å². The second kappa shape index (κ2) is 8.51. The third-order valence-corrected chi connectivity index (χ3v) is 10.0. The van der Waals surface area contributed by atoms with Crippen molar-refractivity contribution in [3.05, 3.63) is 0 Å². The van der Waals surface area contributed by atoms with E-state index in [4.69, 9.17) is 12.0 Å². The second-order valence-corrected chi connectivity index (χ2v) is 12.1. The number of aliphatic carboxylic acids is 1. The minimum atomic E-state index is -5.30. The third-order valence-electron chi connectivity index (χ3n) is 9.67. The summed E-state index contributed by atoms with van der Waals surface area (Å²) < 4.78 is 80.2. The van der Waals surface area contributed by atoms with Crippen LogP contribution in [-0.4, -0.2) is 41.3 Å². The zero-order valence-corrected chi connectivity index (χ0v) is 19.9. The summed E-state index contributed by atoms with van der Waals surface area (Å²) in [5.41, 5.74) is -1.40. The standard InChI is InChI=1S/C24H40O7S/c1-14(4-9-22(26)27)18-7-8-19-17-6-5-15-12-16(31-32(28,29)30)10-11-23(15,2)20(17)13-21(25)24(18,19)3/h14-21,25H,4-13H2,1-3H3,(H,26,27)(H,28,29,30)/t14-,15-,16-,17?,18-,19+,20?,21+,23+,24-/m1/s1/i10D2,12D2,16D. The summed E-state index contributed by atoms with van der Waals surface area (Å²) in [5, 5.41) is 20.8. The molecule has 3 N–H and O–H groups in total. The average molecular weight is 478 g/mol. The molecule has 0 heterocycles. The minimum absolute atomic E-state index is 0.0744. The number of aliphatic hydroxyl groups excluding tert-OH is 1. The highest BCUT2D eigenvalue weighted by Gasteiger charge is 2.63. The first kappa shape index (κ1) is 18.6. The highest BCUT2D eigenvalue weighted by molar-refractivity contribution is 7.80. The van der Waals surface area contributed by atoms with Crippen LogP contribution in [0.4, 0.5) is 0 Å².